The van der Waals surface area contributed by atoms with Crippen molar-refractivity contribution in [2.24, 2.45) is 0 Å². The molecule has 0 saturated heterocycles. The molecule has 5 nitrogen and oxygen atoms in total. The third-order valence-corrected chi connectivity index (χ3v) is 4.41. The van der Waals surface area contributed by atoms with Crippen molar-refractivity contribution in [2.75, 3.05) is 0 Å². The minimum Gasteiger partial charge on any atom is -0.348 e. The van der Waals surface area contributed by atoms with Crippen molar-refractivity contribution in [2.45, 2.75) is 6.54 Å². The Morgan fingerprint density at radius 3 is 2.87 bits per heavy atom. The average molecular weight is 346 g/mol. The Bertz CT molecular complexity index is 928. The molecule has 7 heteroatoms. The van der Waals surface area contributed by atoms with Gasteiger partial charge in [-0.25, -0.2) is 4.98 Å². The van der Waals surface area contributed by atoms with Gasteiger partial charge in [0.15, 0.2) is 0 Å². The van der Waals surface area contributed by atoms with Gasteiger partial charge in [-0.05, 0) is 29.8 Å². The van der Waals surface area contributed by atoms with Gasteiger partial charge in [-0.1, -0.05) is 23.7 Å². The molecule has 1 amide bonds. The second kappa shape index (κ2) is 6.76. The molecule has 3 rings (SSSR count). The van der Waals surface area contributed by atoms with Crippen molar-refractivity contribution in [3.8, 4) is 0 Å². The van der Waals surface area contributed by atoms with E-state index < -0.39 is 0 Å². The van der Waals surface area contributed by atoms with Gasteiger partial charge in [0.25, 0.3) is 5.56 Å². The monoisotopic (exact) mass is 345 g/mol. The van der Waals surface area contributed by atoms with E-state index in [2.05, 4.69) is 15.3 Å². The zero-order chi connectivity index (χ0) is 16.2. The van der Waals surface area contributed by atoms with Crippen molar-refractivity contribution in [3.05, 3.63) is 68.6 Å². The van der Waals surface area contributed by atoms with Crippen molar-refractivity contribution < 1.29 is 4.79 Å². The molecule has 116 valence electrons. The van der Waals surface area contributed by atoms with Gasteiger partial charge >= 0.3 is 0 Å². The van der Waals surface area contributed by atoms with Crippen LogP contribution in [-0.4, -0.2) is 15.9 Å². The molecule has 0 aliphatic rings. The van der Waals surface area contributed by atoms with Crippen LogP contribution in [0, 0.1) is 0 Å². The fourth-order valence-electron chi connectivity index (χ4n) is 1.98. The molecule has 2 aromatic heterocycles. The SMILES string of the molecule is O=C(/C=C/c1ccc(Cl)cc1)NCc1cc2c(=O)[nH]cnc2s1. The summed E-state index contributed by atoms with van der Waals surface area (Å²) >= 11 is 7.19. The van der Waals surface area contributed by atoms with Crippen LogP contribution >= 0.6 is 22.9 Å². The lowest BCUT2D eigenvalue weighted by molar-refractivity contribution is -0.116. The molecule has 2 N–H and O–H groups in total. The van der Waals surface area contributed by atoms with E-state index in [0.717, 1.165) is 10.4 Å². The lowest BCUT2D eigenvalue weighted by Crippen LogP contribution is -2.19. The van der Waals surface area contributed by atoms with E-state index in [0.29, 0.717) is 21.8 Å². The summed E-state index contributed by atoms with van der Waals surface area (Å²) in [5.74, 6) is -0.209. The summed E-state index contributed by atoms with van der Waals surface area (Å²) in [4.78, 5) is 31.6. The number of carbonyl (C=O) groups excluding carboxylic acids is 1. The summed E-state index contributed by atoms with van der Waals surface area (Å²) in [5.41, 5.74) is 0.716. The Morgan fingerprint density at radius 1 is 1.35 bits per heavy atom. The Labute approximate surface area is 140 Å². The zero-order valence-electron chi connectivity index (χ0n) is 11.9. The number of fused-ring (bicyclic) bond motifs is 1. The molecular weight excluding hydrogens is 334 g/mol. The number of aromatic nitrogens is 2. The van der Waals surface area contributed by atoms with E-state index in [1.54, 1.807) is 24.3 Å². The fraction of sp³-hybridized carbons (Fsp3) is 0.0625. The van der Waals surface area contributed by atoms with Crippen LogP contribution in [0.1, 0.15) is 10.4 Å². The van der Waals surface area contributed by atoms with E-state index in [9.17, 15) is 9.59 Å². The van der Waals surface area contributed by atoms with Gasteiger partial charge in [0, 0.05) is 16.0 Å². The number of hydrogen-bond acceptors (Lipinski definition) is 4. The van der Waals surface area contributed by atoms with E-state index in [1.165, 1.54) is 23.7 Å². The molecule has 0 fully saturated rings. The molecule has 0 bridgehead atoms. The number of rotatable bonds is 4. The molecular formula is C16H12ClN3O2S. The Balaban J connectivity index is 1.62. The summed E-state index contributed by atoms with van der Waals surface area (Å²) in [7, 11) is 0. The predicted molar refractivity (Wildman–Crippen MR) is 92.6 cm³/mol. The van der Waals surface area contributed by atoms with Crippen LogP contribution < -0.4 is 10.9 Å². The second-order valence-corrected chi connectivity index (χ2v) is 6.32. The molecule has 2 heterocycles. The topological polar surface area (TPSA) is 74.8 Å². The van der Waals surface area contributed by atoms with Crippen LogP contribution in [0.15, 0.2) is 47.5 Å². The minimum atomic E-state index is -0.209. The quantitative estimate of drug-likeness (QED) is 0.714. The highest BCUT2D eigenvalue weighted by Crippen LogP contribution is 2.20. The molecule has 0 aliphatic heterocycles. The Hall–Kier alpha value is -2.44. The van der Waals surface area contributed by atoms with Gasteiger partial charge in [0.05, 0.1) is 18.3 Å². The molecule has 0 atom stereocenters. The van der Waals surface area contributed by atoms with Crippen LogP contribution in [0.3, 0.4) is 0 Å². The largest absolute Gasteiger partial charge is 0.348 e. The molecule has 0 aliphatic carbocycles. The zero-order valence-corrected chi connectivity index (χ0v) is 13.4. The number of aromatic amines is 1. The highest BCUT2D eigenvalue weighted by atomic mass is 35.5. The second-order valence-electron chi connectivity index (χ2n) is 4.77. The normalized spacial score (nSPS) is 11.2. The van der Waals surface area contributed by atoms with Crippen LogP contribution in [-0.2, 0) is 11.3 Å². The van der Waals surface area contributed by atoms with E-state index in [1.807, 2.05) is 12.1 Å². The van der Waals surface area contributed by atoms with Crippen LogP contribution in [0.25, 0.3) is 16.3 Å². The van der Waals surface area contributed by atoms with Gasteiger partial charge in [0.2, 0.25) is 5.91 Å². The summed E-state index contributed by atoms with van der Waals surface area (Å²) < 4.78 is 0. The van der Waals surface area contributed by atoms with Crippen molar-refractivity contribution in [1.82, 2.24) is 15.3 Å². The Kier molecular flexibility index (Phi) is 4.55. The number of halogens is 1. The summed E-state index contributed by atoms with van der Waals surface area (Å²) in [6.45, 7) is 0.351. The van der Waals surface area contributed by atoms with Gasteiger partial charge in [0.1, 0.15) is 4.83 Å². The van der Waals surface area contributed by atoms with Crippen LogP contribution in [0.5, 0.6) is 0 Å². The lowest BCUT2D eigenvalue weighted by atomic mass is 10.2. The van der Waals surface area contributed by atoms with E-state index >= 15 is 0 Å². The first-order chi connectivity index (χ1) is 11.1. The molecule has 0 saturated carbocycles. The van der Waals surface area contributed by atoms with E-state index in [4.69, 9.17) is 11.6 Å². The molecule has 3 aromatic rings. The first-order valence-electron chi connectivity index (χ1n) is 6.79. The first kappa shape index (κ1) is 15.5. The number of benzene rings is 1. The fourth-order valence-corrected chi connectivity index (χ4v) is 3.05. The summed E-state index contributed by atoms with van der Waals surface area (Å²) in [6, 6.07) is 8.93. The van der Waals surface area contributed by atoms with Gasteiger partial charge in [-0.15, -0.1) is 11.3 Å². The molecule has 23 heavy (non-hydrogen) atoms. The van der Waals surface area contributed by atoms with Crippen LogP contribution in [0.2, 0.25) is 5.02 Å². The third kappa shape index (κ3) is 3.85. The molecule has 0 unspecified atom stereocenters. The maximum Gasteiger partial charge on any atom is 0.259 e. The third-order valence-electron chi connectivity index (χ3n) is 3.12. The first-order valence-corrected chi connectivity index (χ1v) is 7.99. The molecule has 1 aromatic carbocycles. The van der Waals surface area contributed by atoms with Gasteiger partial charge in [-0.3, -0.25) is 9.59 Å². The van der Waals surface area contributed by atoms with Gasteiger partial charge < -0.3 is 10.3 Å². The van der Waals surface area contributed by atoms with Crippen molar-refractivity contribution >= 4 is 45.1 Å². The smallest absolute Gasteiger partial charge is 0.259 e. The van der Waals surface area contributed by atoms with E-state index in [-0.39, 0.29) is 11.5 Å². The number of nitrogens with one attached hydrogen (secondary N) is 2. The van der Waals surface area contributed by atoms with Crippen LogP contribution in [0.4, 0.5) is 0 Å². The van der Waals surface area contributed by atoms with Gasteiger partial charge in [-0.2, -0.15) is 0 Å². The number of amides is 1. The van der Waals surface area contributed by atoms with Crippen molar-refractivity contribution in [1.29, 1.82) is 0 Å². The average Bonchev–Trinajstić information content (AvgIpc) is 2.97. The number of hydrogen-bond donors (Lipinski definition) is 2. The number of carbonyl (C=O) groups is 1. The molecule has 0 radical (unpaired) electrons. The number of H-pyrrole nitrogens is 1. The summed E-state index contributed by atoms with van der Waals surface area (Å²) in [6.07, 6.45) is 4.54. The number of thiophene rings is 1. The minimum absolute atomic E-state index is 0.175. The highest BCUT2D eigenvalue weighted by molar-refractivity contribution is 7.18. The standard InChI is InChI=1S/C16H12ClN3O2S/c17-11-4-1-10(2-5-11)3-6-14(21)18-8-12-7-13-15(22)19-9-20-16(13)23-12/h1-7,9H,8H2,(H,18,21)(H,19,20,22)/b6-3+. The summed E-state index contributed by atoms with van der Waals surface area (Å²) in [5, 5.41) is 3.97. The predicted octanol–water partition coefficient (Wildman–Crippen LogP) is 2.97. The number of nitrogens with zero attached hydrogens (tertiary/aromatic N) is 1. The lowest BCUT2D eigenvalue weighted by Gasteiger charge is -1.99. The maximum atomic E-state index is 11.8. The van der Waals surface area contributed by atoms with Crippen molar-refractivity contribution in [3.63, 3.8) is 0 Å². The molecule has 0 spiro atoms. The Morgan fingerprint density at radius 2 is 2.13 bits per heavy atom. The maximum absolute atomic E-state index is 11.8. The highest BCUT2D eigenvalue weighted by Gasteiger charge is 2.06.